The summed E-state index contributed by atoms with van der Waals surface area (Å²) in [6.45, 7) is 73.9. The van der Waals surface area contributed by atoms with Crippen molar-refractivity contribution in [1.29, 1.82) is 0 Å². The van der Waals surface area contributed by atoms with Crippen molar-refractivity contribution in [3.63, 3.8) is 0 Å². The largest absolute Gasteiger partial charge is 0.214 e. The Bertz CT molecular complexity index is 4050. The van der Waals surface area contributed by atoms with Crippen LogP contribution >= 0.6 is 0 Å². The molecule has 10 aromatic carbocycles. The van der Waals surface area contributed by atoms with Crippen molar-refractivity contribution in [2.45, 2.75) is 311 Å². The molecule has 1 aliphatic heterocycles. The fourth-order valence-electron chi connectivity index (χ4n) is 16.8. The molecule has 112 heavy (non-hydrogen) atoms. The fraction of sp³-hybridized carbons (Fsp3) is 0.444. The first-order valence-electron chi connectivity index (χ1n) is 41.8. The molecule has 592 valence electrons. The molecule has 0 saturated carbocycles. The predicted octanol–water partition coefficient (Wildman–Crippen LogP) is 29.3. The lowest BCUT2D eigenvalue weighted by Crippen LogP contribution is -2.44. The summed E-state index contributed by atoms with van der Waals surface area (Å²) in [6.07, 6.45) is 0. The monoisotopic (exact) mass is 1500 g/mol. The second-order valence-corrected chi connectivity index (χ2v) is 42.3. The summed E-state index contributed by atoms with van der Waals surface area (Å²) in [4.78, 5) is 35.1. The Labute approximate surface area is 678 Å². The Morgan fingerprint density at radius 1 is 0.170 bits per heavy atom. The maximum absolute atomic E-state index is 8.78. The average molecular weight is 1500 g/mol. The first kappa shape index (κ1) is 84.9. The Kier molecular flexibility index (Phi) is 23.0. The highest BCUT2D eigenvalue weighted by Crippen LogP contribution is 2.58. The SMILES string of the molecule is CC(C)c1cc(C(C)C)c2cc1C(c1ccc(C(C)(C)C)cc1)(c1ccc(C(C)(C)C)cc1)OOC(c1ccc(C(C)(C)C)cc1)(c1ccc(C(C)(C)C)cc1)c1cc(c(C(C)C)cc1C(C)C)C(c1ccc(C(C)(C)C)cc1)(c1ccc(C(C)(C)C)cc1)OOC2(c1ccc(C(C)(C)C)cc1)c1ccc(C(C)(C)C)cc1. The molecule has 0 radical (unpaired) electrons. The minimum atomic E-state index is -1.58. The molecule has 4 heteroatoms. The van der Waals surface area contributed by atoms with Gasteiger partial charge < -0.3 is 0 Å². The van der Waals surface area contributed by atoms with E-state index in [-0.39, 0.29) is 67.0 Å². The molecule has 0 unspecified atom stereocenters. The van der Waals surface area contributed by atoms with Crippen LogP contribution < -0.4 is 0 Å². The minimum Gasteiger partial charge on any atom is -0.214 e. The van der Waals surface area contributed by atoms with Gasteiger partial charge in [0, 0.05) is 0 Å². The summed E-state index contributed by atoms with van der Waals surface area (Å²) in [5.41, 5.74) is 17.2. The molecule has 4 bridgehead atoms. The summed E-state index contributed by atoms with van der Waals surface area (Å²) >= 11 is 0. The van der Waals surface area contributed by atoms with Crippen molar-refractivity contribution in [2.75, 3.05) is 0 Å². The minimum absolute atomic E-state index is 0.0621. The van der Waals surface area contributed by atoms with E-state index in [1.165, 1.54) is 44.5 Å². The predicted molar refractivity (Wildman–Crippen MR) is 474 cm³/mol. The standard InChI is InChI=1S/C108H136O4/c1-69(2)89-65-90(70(3)4)94-67-93(89)105(81-49-33-73(34-50-81)97(9,10)11,82-51-35-74(36-52-82)98(12,13)14)109-110-107(85-57-41-77(42-58-85)101(21,22)23,86-59-43-78(44-60-86)102(24,25)26)95-68-96(92(72(7)8)66-91(95)71(5)6)108(87-61-45-79(46-62-87)103(27,28)29,88-63-47-80(48-64-88)104(30,31)32)112-111-106(94,83-53-37-75(38-54-83)99(15,16)17)84-55-39-76(40-56-84)100(18,19)20/h33-72H,1-32H3. The van der Waals surface area contributed by atoms with Crippen molar-refractivity contribution >= 4 is 0 Å². The second-order valence-electron chi connectivity index (χ2n) is 42.3. The maximum atomic E-state index is 8.78. The number of benzene rings is 10. The van der Waals surface area contributed by atoms with Gasteiger partial charge in [0.05, 0.1) is 0 Å². The van der Waals surface area contributed by atoms with Gasteiger partial charge in [0.25, 0.3) is 0 Å². The van der Waals surface area contributed by atoms with Crippen molar-refractivity contribution in [3.8, 4) is 0 Å². The zero-order valence-electron chi connectivity index (χ0n) is 74.7. The Hall–Kier alpha value is -7.96. The summed E-state index contributed by atoms with van der Waals surface area (Å²) in [7, 11) is 0. The third kappa shape index (κ3) is 16.1. The van der Waals surface area contributed by atoms with Crippen LogP contribution in [0, 0.1) is 0 Å². The first-order chi connectivity index (χ1) is 51.8. The number of rotatable bonds is 12. The zero-order valence-corrected chi connectivity index (χ0v) is 74.7. The highest BCUT2D eigenvalue weighted by Gasteiger charge is 2.54. The van der Waals surface area contributed by atoms with Crippen LogP contribution in [-0.2, 0) is 85.3 Å². The van der Waals surface area contributed by atoms with Crippen LogP contribution in [0.5, 0.6) is 0 Å². The van der Waals surface area contributed by atoms with Gasteiger partial charge >= 0.3 is 0 Å². The van der Waals surface area contributed by atoms with Crippen molar-refractivity contribution < 1.29 is 19.6 Å². The Morgan fingerprint density at radius 3 is 0.366 bits per heavy atom. The van der Waals surface area contributed by atoms with Crippen LogP contribution in [0.2, 0.25) is 0 Å². The lowest BCUT2D eigenvalue weighted by Gasteiger charge is -2.46. The molecule has 0 atom stereocenters. The van der Waals surface area contributed by atoms with E-state index in [4.69, 9.17) is 19.6 Å². The van der Waals surface area contributed by atoms with E-state index in [2.05, 4.69) is 440 Å². The lowest BCUT2D eigenvalue weighted by atomic mass is 9.69. The highest BCUT2D eigenvalue weighted by atomic mass is 17.2. The van der Waals surface area contributed by atoms with Gasteiger partial charge in [-0.15, -0.1) is 0 Å². The van der Waals surface area contributed by atoms with E-state index in [1.807, 2.05) is 0 Å². The Morgan fingerprint density at radius 2 is 0.277 bits per heavy atom. The maximum Gasteiger partial charge on any atom is 0.179 e. The average Bonchev–Trinajstić information content (AvgIpc) is 0.699. The van der Waals surface area contributed by atoms with Crippen LogP contribution in [-0.4, -0.2) is 0 Å². The molecular formula is C108H136O4. The van der Waals surface area contributed by atoms with Gasteiger partial charge in [-0.05, 0) is 213 Å². The quantitative estimate of drug-likeness (QED) is 0.114. The van der Waals surface area contributed by atoms with E-state index in [1.54, 1.807) is 0 Å². The summed E-state index contributed by atoms with van der Waals surface area (Å²) in [5.74, 6) is -0.248. The molecule has 0 fully saturated rings. The van der Waals surface area contributed by atoms with Gasteiger partial charge in [0.1, 0.15) is 0 Å². The molecule has 0 N–H and O–H groups in total. The molecule has 0 saturated heterocycles. The van der Waals surface area contributed by atoms with Gasteiger partial charge in [-0.25, -0.2) is 19.6 Å². The lowest BCUT2D eigenvalue weighted by molar-refractivity contribution is -0.390. The van der Waals surface area contributed by atoms with E-state index in [0.717, 1.165) is 89.0 Å². The number of fused-ring (bicyclic) bond motifs is 4. The van der Waals surface area contributed by atoms with E-state index < -0.39 is 22.4 Å². The van der Waals surface area contributed by atoms with E-state index >= 15 is 0 Å². The van der Waals surface area contributed by atoms with E-state index in [9.17, 15) is 0 Å². The first-order valence-corrected chi connectivity index (χ1v) is 41.8. The molecule has 11 rings (SSSR count). The van der Waals surface area contributed by atoms with Crippen molar-refractivity contribution in [3.05, 3.63) is 352 Å². The summed E-state index contributed by atoms with van der Waals surface area (Å²) < 4.78 is 0. The number of hydrogen-bond donors (Lipinski definition) is 0. The Balaban J connectivity index is 1.52. The zero-order chi connectivity index (χ0) is 82.5. The fourth-order valence-corrected chi connectivity index (χ4v) is 16.8. The molecule has 4 nitrogen and oxygen atoms in total. The number of hydrogen-bond acceptors (Lipinski definition) is 4. The second kappa shape index (κ2) is 30.3. The summed E-state index contributed by atoms with van der Waals surface area (Å²) in [5, 5.41) is 0. The van der Waals surface area contributed by atoms with Gasteiger partial charge in [-0.2, -0.15) is 0 Å². The van der Waals surface area contributed by atoms with Crippen LogP contribution in [0.3, 0.4) is 0 Å². The van der Waals surface area contributed by atoms with Crippen LogP contribution in [0.25, 0.3) is 0 Å². The molecule has 0 spiro atoms. The topological polar surface area (TPSA) is 36.9 Å². The third-order valence-electron chi connectivity index (χ3n) is 24.3. The van der Waals surface area contributed by atoms with Gasteiger partial charge in [0.15, 0.2) is 22.4 Å². The normalized spacial score (nSPS) is 16.0. The molecule has 0 aliphatic carbocycles. The molecule has 1 heterocycles. The van der Waals surface area contributed by atoms with Crippen LogP contribution in [0.1, 0.15) is 379 Å². The van der Waals surface area contributed by atoms with E-state index in [0.29, 0.717) is 0 Å². The van der Waals surface area contributed by atoms with Crippen molar-refractivity contribution in [2.24, 2.45) is 0 Å². The third-order valence-corrected chi connectivity index (χ3v) is 24.3. The summed E-state index contributed by atoms with van der Waals surface area (Å²) in [6, 6.07) is 84.3. The van der Waals surface area contributed by atoms with Gasteiger partial charge in [0.2, 0.25) is 0 Å². The molecule has 10 aromatic rings. The van der Waals surface area contributed by atoms with Gasteiger partial charge in [-0.3, -0.25) is 0 Å². The molecule has 0 amide bonds. The highest BCUT2D eigenvalue weighted by molar-refractivity contribution is 5.64. The van der Waals surface area contributed by atoms with Crippen LogP contribution in [0.15, 0.2) is 218 Å². The smallest absolute Gasteiger partial charge is 0.179 e. The van der Waals surface area contributed by atoms with Crippen LogP contribution in [0.4, 0.5) is 0 Å². The molecule has 0 aromatic heterocycles. The van der Waals surface area contributed by atoms with Gasteiger partial charge in [-0.1, -0.05) is 428 Å². The van der Waals surface area contributed by atoms with Crippen molar-refractivity contribution in [1.82, 2.24) is 0 Å². The molecule has 1 aliphatic rings. The molecular weight excluding hydrogens is 1360 g/mol.